The first kappa shape index (κ1) is 41.4. The van der Waals surface area contributed by atoms with Gasteiger partial charge in [0.15, 0.2) is 0 Å². The van der Waals surface area contributed by atoms with Crippen LogP contribution in [0, 0.1) is 0 Å². The Bertz CT molecular complexity index is 1390. The van der Waals surface area contributed by atoms with Gasteiger partial charge in [-0.2, -0.15) is 8.62 Å². The number of carbonyl (C=O) groups excluding carboxylic acids is 1. The van der Waals surface area contributed by atoms with Gasteiger partial charge in [0, 0.05) is 17.7 Å². The summed E-state index contributed by atoms with van der Waals surface area (Å²) in [5.74, 6) is 0.164. The van der Waals surface area contributed by atoms with Gasteiger partial charge < -0.3 is 39.1 Å². The standard InChI is InChI=1S/C28H44NO14P3S2/c1-21-12-8-7-9-13-22(16-21)24-17-25(26(41-24)18-39-45(34,35)43-46(36,37)42-44(31,32)33)38-20-47-48-28(2,3)19-29-27(30)40-23-14-10-5-4-6-11-15-23/h4-5,7-9,12-13,16,23-26H,6,10-11,14-15,17-20H2,1-3H3,(H,29,30)(H,34,35)(H,36,37)(H2,31,32,33)/b5-4+,8-7-,9-7?,12-8?,13-9-,21-12-,21-16?,22-13?,22-16+/t23?,24-,25?,26-/m1/s1. The number of hydrogen-bond donors (Lipinski definition) is 5. The molecule has 1 saturated heterocycles. The number of phosphoric acid groups is 3. The Kier molecular flexibility index (Phi) is 16.4. The van der Waals surface area contributed by atoms with E-state index in [4.69, 9.17) is 28.5 Å². The van der Waals surface area contributed by atoms with E-state index in [1.54, 1.807) is 0 Å². The molecule has 0 bridgehead atoms. The van der Waals surface area contributed by atoms with Gasteiger partial charge in [-0.05, 0) is 58.4 Å². The normalized spacial score (nSPS) is 30.4. The zero-order valence-electron chi connectivity index (χ0n) is 26.8. The van der Waals surface area contributed by atoms with E-state index in [0.29, 0.717) is 13.0 Å². The van der Waals surface area contributed by atoms with Gasteiger partial charge in [-0.3, -0.25) is 4.52 Å². The number of ether oxygens (including phenoxy) is 3. The summed E-state index contributed by atoms with van der Waals surface area (Å²) < 4.78 is 65.0. The lowest BCUT2D eigenvalue weighted by Gasteiger charge is -2.25. The Hall–Kier alpha value is -1.00. The number of hydrogen-bond acceptors (Lipinski definition) is 12. The highest BCUT2D eigenvalue weighted by atomic mass is 33.1. The largest absolute Gasteiger partial charge is 0.490 e. The zero-order valence-corrected chi connectivity index (χ0v) is 31.1. The van der Waals surface area contributed by atoms with Crippen LogP contribution in [0.4, 0.5) is 4.79 Å². The van der Waals surface area contributed by atoms with Crippen LogP contribution in [0.3, 0.4) is 0 Å². The predicted octanol–water partition coefficient (Wildman–Crippen LogP) is 6.60. The minimum absolute atomic E-state index is 0.111. The topological polar surface area (TPSA) is 217 Å². The summed E-state index contributed by atoms with van der Waals surface area (Å²) in [7, 11) is -13.7. The Morgan fingerprint density at radius 2 is 1.79 bits per heavy atom. The van der Waals surface area contributed by atoms with Crippen molar-refractivity contribution in [3.63, 3.8) is 0 Å². The predicted molar refractivity (Wildman–Crippen MR) is 183 cm³/mol. The lowest BCUT2D eigenvalue weighted by atomic mass is 10.0. The van der Waals surface area contributed by atoms with Crippen LogP contribution in [0.5, 0.6) is 0 Å². The molecule has 3 rings (SSSR count). The second-order valence-electron chi connectivity index (χ2n) is 11.7. The fourth-order valence-electron chi connectivity index (χ4n) is 4.77. The van der Waals surface area contributed by atoms with Gasteiger partial charge in [-0.15, -0.1) is 0 Å². The van der Waals surface area contributed by atoms with Crippen molar-refractivity contribution in [2.75, 3.05) is 19.1 Å². The fraction of sp³-hybridized carbons (Fsp3) is 0.607. The molecule has 0 spiro atoms. The first-order valence-electron chi connectivity index (χ1n) is 15.1. The molecular formula is C28H44NO14P3S2. The van der Waals surface area contributed by atoms with E-state index in [9.17, 15) is 28.3 Å². The Labute approximate surface area is 288 Å². The Morgan fingerprint density at radius 1 is 1.04 bits per heavy atom. The highest BCUT2D eigenvalue weighted by molar-refractivity contribution is 8.77. The van der Waals surface area contributed by atoms with E-state index in [1.165, 1.54) is 21.6 Å². The first-order chi connectivity index (χ1) is 22.4. The molecular weight excluding hydrogens is 731 g/mol. The molecule has 1 fully saturated rings. The molecule has 20 heteroatoms. The molecule has 0 aromatic carbocycles. The highest BCUT2D eigenvalue weighted by Crippen LogP contribution is 2.66. The third kappa shape index (κ3) is 16.3. The van der Waals surface area contributed by atoms with Gasteiger partial charge in [0.1, 0.15) is 18.1 Å². The van der Waals surface area contributed by atoms with E-state index < -0.39 is 59.2 Å². The molecule has 272 valence electrons. The van der Waals surface area contributed by atoms with Crippen molar-refractivity contribution >= 4 is 51.1 Å². The molecule has 1 amide bonds. The van der Waals surface area contributed by atoms with E-state index in [2.05, 4.69) is 26.1 Å². The molecule has 3 aliphatic rings. The lowest BCUT2D eigenvalue weighted by Crippen LogP contribution is -2.38. The quantitative estimate of drug-likeness (QED) is 0.0367. The third-order valence-corrected chi connectivity index (χ3v) is 13.7. The van der Waals surface area contributed by atoms with Crippen LogP contribution in [-0.4, -0.2) is 73.9 Å². The zero-order chi connectivity index (χ0) is 35.4. The summed E-state index contributed by atoms with van der Waals surface area (Å²) in [5, 5.41) is 2.85. The molecule has 5 N–H and O–H groups in total. The third-order valence-electron chi connectivity index (χ3n) is 6.92. The van der Waals surface area contributed by atoms with Gasteiger partial charge in [0.25, 0.3) is 0 Å². The van der Waals surface area contributed by atoms with Gasteiger partial charge in [0.2, 0.25) is 0 Å². The van der Waals surface area contributed by atoms with Crippen LogP contribution in [-0.2, 0) is 41.1 Å². The molecule has 0 aromatic rings. The summed E-state index contributed by atoms with van der Waals surface area (Å²) >= 11 is 0. The van der Waals surface area contributed by atoms with Gasteiger partial charge >= 0.3 is 29.6 Å². The van der Waals surface area contributed by atoms with Crippen molar-refractivity contribution in [3.8, 4) is 0 Å². The van der Waals surface area contributed by atoms with Crippen LogP contribution in [0.2, 0.25) is 0 Å². The van der Waals surface area contributed by atoms with Gasteiger partial charge in [0.05, 0.1) is 18.8 Å². The van der Waals surface area contributed by atoms with Crippen molar-refractivity contribution in [1.82, 2.24) is 5.32 Å². The van der Waals surface area contributed by atoms with Crippen molar-refractivity contribution < 1.29 is 65.4 Å². The summed E-state index contributed by atoms with van der Waals surface area (Å²) in [6.45, 7) is 5.55. The number of nitrogens with one attached hydrogen (secondary N) is 1. The maximum atomic E-state index is 12.4. The molecule has 0 radical (unpaired) electrons. The SMILES string of the molecule is CC1=C/C=C\C=C/C([C@H]2CC(OCSSC(C)(C)CNC(=O)OC3CC/C=C/CCC3)[C@@H](COP(=O)(O)OP(=O)(O)OP(=O)(O)O)O2)=C\1. The van der Waals surface area contributed by atoms with E-state index in [0.717, 1.165) is 43.3 Å². The summed E-state index contributed by atoms with van der Waals surface area (Å²) in [6, 6.07) is 0. The van der Waals surface area contributed by atoms with E-state index in [-0.39, 0.29) is 12.0 Å². The molecule has 0 saturated carbocycles. The van der Waals surface area contributed by atoms with Gasteiger partial charge in [-0.1, -0.05) is 75.8 Å². The number of amides is 1. The van der Waals surface area contributed by atoms with Crippen LogP contribution < -0.4 is 5.32 Å². The van der Waals surface area contributed by atoms with Crippen LogP contribution in [0.25, 0.3) is 0 Å². The molecule has 4 unspecified atom stereocenters. The molecule has 48 heavy (non-hydrogen) atoms. The fourth-order valence-corrected chi connectivity index (χ4v) is 9.98. The van der Waals surface area contributed by atoms with E-state index >= 15 is 0 Å². The average Bonchev–Trinajstić information content (AvgIpc) is 3.33. The van der Waals surface area contributed by atoms with Crippen LogP contribution >= 0.6 is 45.1 Å². The van der Waals surface area contributed by atoms with Crippen molar-refractivity contribution in [2.24, 2.45) is 0 Å². The van der Waals surface area contributed by atoms with Crippen molar-refractivity contribution in [3.05, 3.63) is 59.8 Å². The molecule has 1 heterocycles. The lowest BCUT2D eigenvalue weighted by molar-refractivity contribution is -0.0293. The maximum Gasteiger partial charge on any atom is 0.490 e. The monoisotopic (exact) mass is 775 g/mol. The van der Waals surface area contributed by atoms with Gasteiger partial charge in [-0.25, -0.2) is 18.5 Å². The van der Waals surface area contributed by atoms with Crippen LogP contribution in [0.15, 0.2) is 59.8 Å². The molecule has 6 atom stereocenters. The summed E-state index contributed by atoms with van der Waals surface area (Å²) in [6.07, 6.45) is 17.7. The molecule has 2 aliphatic carbocycles. The highest BCUT2D eigenvalue weighted by Gasteiger charge is 2.43. The number of allylic oxidation sites excluding steroid dienone is 8. The average molecular weight is 776 g/mol. The second-order valence-corrected chi connectivity index (χ2v) is 19.1. The molecule has 0 aromatic heterocycles. The minimum Gasteiger partial charge on any atom is -0.446 e. The Morgan fingerprint density at radius 3 is 2.54 bits per heavy atom. The number of phosphoric ester groups is 1. The van der Waals surface area contributed by atoms with Crippen molar-refractivity contribution in [2.45, 2.75) is 88.5 Å². The minimum atomic E-state index is -5.67. The van der Waals surface area contributed by atoms with Crippen LogP contribution in [0.1, 0.15) is 59.3 Å². The van der Waals surface area contributed by atoms with Crippen molar-refractivity contribution in [1.29, 1.82) is 0 Å². The maximum absolute atomic E-state index is 12.4. The molecule has 1 aliphatic heterocycles. The smallest absolute Gasteiger partial charge is 0.446 e. The summed E-state index contributed by atoms with van der Waals surface area (Å²) in [4.78, 5) is 49.4. The Balaban J connectivity index is 1.55. The second kappa shape index (κ2) is 19.0. The number of alkyl carbamates (subject to hydrolysis) is 1. The van der Waals surface area contributed by atoms with E-state index in [1.807, 2.05) is 57.2 Å². The molecule has 15 nitrogen and oxygen atoms in total. The summed E-state index contributed by atoms with van der Waals surface area (Å²) in [5.41, 5.74) is 1.76. The number of carbonyl (C=O) groups is 1. The first-order valence-corrected chi connectivity index (χ1v) is 21.9. The number of rotatable bonds is 16.